The second kappa shape index (κ2) is 24.7. The number of hydrogen-bond acceptors (Lipinski definition) is 11. The minimum absolute atomic E-state index is 0.00601. The number of carbonyl (C=O) groups excluding carboxylic acids is 3. The highest BCUT2D eigenvalue weighted by Gasteiger charge is 2.25. The molecule has 0 aliphatic rings. The lowest BCUT2D eigenvalue weighted by molar-refractivity contribution is -0.142. The molecule has 0 radical (unpaired) electrons. The number of aryl methyl sites for hydroxylation is 1. The molecule has 0 aromatic carbocycles. The summed E-state index contributed by atoms with van der Waals surface area (Å²) >= 11 is 0. The molecule has 1 unspecified atom stereocenters. The summed E-state index contributed by atoms with van der Waals surface area (Å²) in [5.74, 6) is -6.93. The summed E-state index contributed by atoms with van der Waals surface area (Å²) in [5.41, 5.74) is 5.92. The number of amides is 4. The Hall–Kier alpha value is -5.34. The number of aromatic nitrogens is 3. The van der Waals surface area contributed by atoms with Crippen LogP contribution in [0.4, 0.5) is 4.79 Å². The van der Waals surface area contributed by atoms with Crippen LogP contribution in [0.5, 0.6) is 0 Å². The molecule has 1 aromatic rings. The highest BCUT2D eigenvalue weighted by molar-refractivity contribution is 5.86. The third-order valence-electron chi connectivity index (χ3n) is 7.75. The average molecular weight is 743 g/mol. The first kappa shape index (κ1) is 44.7. The number of carbonyl (C=O) groups is 8. The third-order valence-corrected chi connectivity index (χ3v) is 7.75. The van der Waals surface area contributed by atoms with Gasteiger partial charge in [-0.15, -0.1) is 5.10 Å². The highest BCUT2D eigenvalue weighted by atomic mass is 16.4. The molecule has 0 saturated carbocycles. The van der Waals surface area contributed by atoms with Gasteiger partial charge >= 0.3 is 35.9 Å². The zero-order valence-electron chi connectivity index (χ0n) is 28.8. The Balaban J connectivity index is 2.19. The van der Waals surface area contributed by atoms with Crippen molar-refractivity contribution in [3.63, 3.8) is 0 Å². The van der Waals surface area contributed by atoms with Crippen molar-refractivity contribution in [3.8, 4) is 0 Å². The molecule has 1 rings (SSSR count). The van der Waals surface area contributed by atoms with Crippen LogP contribution in [0.2, 0.25) is 0 Å². The number of nitrogens with one attached hydrogen (secondary N) is 4. The van der Waals surface area contributed by atoms with Crippen LogP contribution in [0.15, 0.2) is 6.20 Å². The van der Waals surface area contributed by atoms with E-state index in [0.717, 1.165) is 0 Å². The predicted molar refractivity (Wildman–Crippen MR) is 179 cm³/mol. The van der Waals surface area contributed by atoms with Gasteiger partial charge in [0.15, 0.2) is 0 Å². The van der Waals surface area contributed by atoms with Crippen LogP contribution in [-0.4, -0.2) is 119 Å². The smallest absolute Gasteiger partial charge is 0.326 e. The quantitative estimate of drug-likeness (QED) is 0.0470. The monoisotopic (exact) mass is 742 g/mol. The molecule has 21 nitrogen and oxygen atoms in total. The molecule has 0 saturated heterocycles. The summed E-state index contributed by atoms with van der Waals surface area (Å²) in [5, 5.41) is 62.8. The van der Waals surface area contributed by atoms with Crippen LogP contribution in [0.1, 0.15) is 95.6 Å². The largest absolute Gasteiger partial charge is 0.481 e. The lowest BCUT2D eigenvalue weighted by Gasteiger charge is -2.18. The molecule has 4 atom stereocenters. The molecule has 0 bridgehead atoms. The minimum Gasteiger partial charge on any atom is -0.481 e. The second-order valence-corrected chi connectivity index (χ2v) is 12.2. The number of rotatable bonds is 29. The third kappa shape index (κ3) is 20.4. The van der Waals surface area contributed by atoms with E-state index < -0.39 is 66.5 Å². The first-order valence-corrected chi connectivity index (χ1v) is 17.0. The van der Waals surface area contributed by atoms with Gasteiger partial charge in [0.1, 0.15) is 24.2 Å². The van der Waals surface area contributed by atoms with Gasteiger partial charge in [-0.25, -0.2) is 19.2 Å². The van der Waals surface area contributed by atoms with Gasteiger partial charge in [0.25, 0.3) is 0 Å². The number of nitrogens with two attached hydrogens (primary N) is 1. The van der Waals surface area contributed by atoms with Gasteiger partial charge in [0.2, 0.25) is 11.8 Å². The summed E-state index contributed by atoms with van der Waals surface area (Å²) < 4.78 is 1.52. The van der Waals surface area contributed by atoms with Gasteiger partial charge in [-0.3, -0.25) is 23.9 Å². The van der Waals surface area contributed by atoms with Gasteiger partial charge in [0.05, 0.1) is 5.69 Å². The lowest BCUT2D eigenvalue weighted by Crippen LogP contribution is -2.51. The molecule has 1 aromatic heterocycles. The number of urea groups is 1. The zero-order valence-corrected chi connectivity index (χ0v) is 28.8. The summed E-state index contributed by atoms with van der Waals surface area (Å²) in [6, 6.07) is -6.02. The molecule has 21 heteroatoms. The van der Waals surface area contributed by atoms with Crippen molar-refractivity contribution in [2.45, 2.75) is 127 Å². The first-order valence-electron chi connectivity index (χ1n) is 17.0. The van der Waals surface area contributed by atoms with Crippen LogP contribution in [0.3, 0.4) is 0 Å². The Morgan fingerprint density at radius 1 is 0.635 bits per heavy atom. The van der Waals surface area contributed by atoms with Crippen LogP contribution < -0.4 is 27.0 Å². The number of carboxylic acid groups (broad SMARTS) is 5. The van der Waals surface area contributed by atoms with E-state index in [1.54, 1.807) is 6.20 Å². The normalized spacial score (nSPS) is 13.2. The molecule has 11 N–H and O–H groups in total. The molecule has 0 aliphatic heterocycles. The van der Waals surface area contributed by atoms with E-state index >= 15 is 0 Å². The molecule has 1 heterocycles. The molecular weight excluding hydrogens is 692 g/mol. The van der Waals surface area contributed by atoms with Crippen LogP contribution in [0.25, 0.3) is 0 Å². The maximum atomic E-state index is 12.3. The number of unbranched alkanes of at least 4 members (excludes halogenated alkanes) is 5. The first-order chi connectivity index (χ1) is 24.6. The fraction of sp³-hybridized carbons (Fsp3) is 0.677. The fourth-order valence-electron chi connectivity index (χ4n) is 4.86. The SMILES string of the molecule is NC(Cc1cn(CCCC[C@H](NC(=O)CCCCCCC(=O)NCCCC[C@H](NC(=O)N[C@@H](CCC(=O)O)C(=O)O)C(=O)O)C(=O)O)nn1)C(=O)O. The van der Waals surface area contributed by atoms with Crippen molar-refractivity contribution in [2.24, 2.45) is 5.73 Å². The van der Waals surface area contributed by atoms with Gasteiger partial charge in [-0.05, 0) is 57.8 Å². The van der Waals surface area contributed by atoms with Crippen molar-refractivity contribution < 1.29 is 63.9 Å². The van der Waals surface area contributed by atoms with E-state index in [-0.39, 0.29) is 56.9 Å². The predicted octanol–water partition coefficient (Wildman–Crippen LogP) is -0.330. The summed E-state index contributed by atoms with van der Waals surface area (Å²) in [7, 11) is 0. The van der Waals surface area contributed by atoms with Crippen molar-refractivity contribution in [3.05, 3.63) is 11.9 Å². The molecule has 4 amide bonds. The number of hydrogen-bond donors (Lipinski definition) is 10. The molecule has 0 spiro atoms. The lowest BCUT2D eigenvalue weighted by atomic mass is 10.1. The van der Waals surface area contributed by atoms with E-state index in [9.17, 15) is 48.6 Å². The fourth-order valence-corrected chi connectivity index (χ4v) is 4.86. The summed E-state index contributed by atoms with van der Waals surface area (Å²) in [6.07, 6.45) is 5.50. The Morgan fingerprint density at radius 3 is 1.73 bits per heavy atom. The number of aliphatic carboxylic acids is 5. The molecule has 292 valence electrons. The Bertz CT molecular complexity index is 1360. The van der Waals surface area contributed by atoms with E-state index in [1.807, 2.05) is 0 Å². The van der Waals surface area contributed by atoms with Gasteiger partial charge in [0, 0.05) is 45.0 Å². The Morgan fingerprint density at radius 2 is 1.17 bits per heavy atom. The summed E-state index contributed by atoms with van der Waals surface area (Å²) in [4.78, 5) is 92.3. The highest BCUT2D eigenvalue weighted by Crippen LogP contribution is 2.09. The molecule has 0 fully saturated rings. The van der Waals surface area contributed by atoms with Crippen LogP contribution in [-0.2, 0) is 46.5 Å². The standard InChI is InChI=1S/C31H50N8O13/c32-20(27(44)45)17-19-18-39(38-37-19)16-8-6-10-21(28(46)47)34-25(41)12-4-2-1-3-11-24(40)33-15-7-5-9-22(29(48)49)35-31(52)36-23(30(50)51)13-14-26(42)43/h18,20-23H,1-17,32H2,(H,33,40)(H,34,41)(H,42,43)(H,44,45)(H,46,47)(H,48,49)(H,50,51)(H2,35,36,52)/t20?,21-,22-,23-/m0/s1. The van der Waals surface area contributed by atoms with Crippen LogP contribution >= 0.6 is 0 Å². The Kier molecular flexibility index (Phi) is 21.3. The zero-order chi connectivity index (χ0) is 39.1. The van der Waals surface area contributed by atoms with Crippen molar-refractivity contribution in [2.75, 3.05) is 6.54 Å². The van der Waals surface area contributed by atoms with E-state index in [0.29, 0.717) is 63.6 Å². The van der Waals surface area contributed by atoms with Crippen molar-refractivity contribution >= 4 is 47.7 Å². The van der Waals surface area contributed by atoms with Crippen molar-refractivity contribution in [1.82, 2.24) is 36.3 Å². The maximum Gasteiger partial charge on any atom is 0.326 e. The molecular formula is C31H50N8O13. The van der Waals surface area contributed by atoms with E-state index in [4.69, 9.17) is 21.1 Å². The van der Waals surface area contributed by atoms with E-state index in [1.165, 1.54) is 4.68 Å². The van der Waals surface area contributed by atoms with E-state index in [2.05, 4.69) is 31.6 Å². The van der Waals surface area contributed by atoms with Gasteiger partial charge in [-0.1, -0.05) is 18.1 Å². The Labute approximate surface area is 299 Å². The summed E-state index contributed by atoms with van der Waals surface area (Å²) in [6.45, 7) is 0.698. The van der Waals surface area contributed by atoms with Crippen LogP contribution in [0, 0.1) is 0 Å². The maximum absolute atomic E-state index is 12.3. The number of nitrogens with zero attached hydrogens (tertiary/aromatic N) is 3. The average Bonchev–Trinajstić information content (AvgIpc) is 3.51. The van der Waals surface area contributed by atoms with Gasteiger partial charge < -0.3 is 52.5 Å². The topological polar surface area (TPSA) is 343 Å². The van der Waals surface area contributed by atoms with Gasteiger partial charge in [-0.2, -0.15) is 0 Å². The molecule has 52 heavy (non-hydrogen) atoms. The molecule has 0 aliphatic carbocycles. The van der Waals surface area contributed by atoms with Crippen molar-refractivity contribution in [1.29, 1.82) is 0 Å². The second-order valence-electron chi connectivity index (χ2n) is 12.2. The number of carboxylic acids is 5. The minimum atomic E-state index is -1.50.